The van der Waals surface area contributed by atoms with Gasteiger partial charge in [0.15, 0.2) is 0 Å². The van der Waals surface area contributed by atoms with Gasteiger partial charge in [-0.1, -0.05) is 12.1 Å². The molecule has 0 spiro atoms. The van der Waals surface area contributed by atoms with Gasteiger partial charge in [-0.05, 0) is 34.7 Å². The maximum Gasteiger partial charge on any atom is 0.257 e. The Morgan fingerprint density at radius 2 is 2.15 bits per heavy atom. The predicted octanol–water partition coefficient (Wildman–Crippen LogP) is 2.25. The summed E-state index contributed by atoms with van der Waals surface area (Å²) in [5.74, 6) is 1.81. The average molecular weight is 486 g/mol. The summed E-state index contributed by atoms with van der Waals surface area (Å²) in [5.41, 5.74) is 2.53. The largest absolute Gasteiger partial charge is 0.383 e. The first-order valence-corrected chi connectivity index (χ1v) is 10.3. The van der Waals surface area contributed by atoms with Gasteiger partial charge in [0.1, 0.15) is 12.4 Å². The number of carbonyl (C=O) groups excluding carboxylic acids is 2. The third-order valence-corrected chi connectivity index (χ3v) is 5.80. The second kappa shape index (κ2) is 8.87. The quantitative estimate of drug-likeness (QED) is 0.464. The van der Waals surface area contributed by atoms with Gasteiger partial charge in [0.25, 0.3) is 5.91 Å². The van der Waals surface area contributed by atoms with Crippen LogP contribution in [0.3, 0.4) is 0 Å². The number of thioether (sulfide) groups is 1. The van der Waals surface area contributed by atoms with Crippen LogP contribution in [0.25, 0.3) is 0 Å². The molecule has 0 unspecified atom stereocenters. The van der Waals surface area contributed by atoms with Crippen LogP contribution in [0.1, 0.15) is 21.6 Å². The van der Waals surface area contributed by atoms with Crippen molar-refractivity contribution in [1.82, 2.24) is 15.1 Å². The smallest absolute Gasteiger partial charge is 0.257 e. The van der Waals surface area contributed by atoms with Gasteiger partial charge >= 0.3 is 0 Å². The molecule has 26 heavy (non-hydrogen) atoms. The Labute approximate surface area is 169 Å². The topological polar surface area (TPSA) is 85.2 Å². The molecule has 2 heterocycles. The number of rotatable bonds is 7. The molecule has 1 aromatic carbocycles. The number of amides is 2. The maximum atomic E-state index is 12.7. The molecule has 0 atom stereocenters. The number of methoxy groups -OCH3 is 1. The van der Waals surface area contributed by atoms with Crippen molar-refractivity contribution in [1.29, 1.82) is 0 Å². The van der Waals surface area contributed by atoms with E-state index in [9.17, 15) is 9.59 Å². The third-order valence-electron chi connectivity index (χ3n) is 3.89. The molecule has 0 saturated carbocycles. The fourth-order valence-electron chi connectivity index (χ4n) is 2.62. The number of halogens is 1. The van der Waals surface area contributed by atoms with Crippen molar-refractivity contribution in [3.8, 4) is 0 Å². The fourth-order valence-corrected chi connectivity index (χ4v) is 4.29. The van der Waals surface area contributed by atoms with Crippen molar-refractivity contribution in [3.05, 3.63) is 44.7 Å². The summed E-state index contributed by atoms with van der Waals surface area (Å²) in [6, 6.07) is 7.39. The minimum absolute atomic E-state index is 0.0584. The van der Waals surface area contributed by atoms with Crippen molar-refractivity contribution in [2.45, 2.75) is 18.1 Å². The van der Waals surface area contributed by atoms with Crippen molar-refractivity contribution in [2.24, 2.45) is 0 Å². The Bertz CT molecular complexity index is 824. The Morgan fingerprint density at radius 3 is 2.92 bits per heavy atom. The number of anilines is 1. The first-order chi connectivity index (χ1) is 12.6. The van der Waals surface area contributed by atoms with E-state index in [2.05, 4.69) is 38.3 Å². The monoisotopic (exact) mass is 486 g/mol. The summed E-state index contributed by atoms with van der Waals surface area (Å²) >= 11 is 3.89. The molecule has 138 valence electrons. The molecule has 1 aliphatic rings. The zero-order valence-electron chi connectivity index (χ0n) is 14.3. The van der Waals surface area contributed by atoms with E-state index in [1.807, 2.05) is 18.2 Å². The summed E-state index contributed by atoms with van der Waals surface area (Å²) in [6.07, 6.45) is 0. The lowest BCUT2D eigenvalue weighted by Crippen LogP contribution is -2.31. The van der Waals surface area contributed by atoms with E-state index in [1.54, 1.807) is 29.6 Å². The molecule has 0 fully saturated rings. The van der Waals surface area contributed by atoms with Gasteiger partial charge in [0.05, 0.1) is 17.9 Å². The Kier molecular flexibility index (Phi) is 6.54. The highest BCUT2D eigenvalue weighted by Crippen LogP contribution is 2.35. The number of nitrogens with zero attached hydrogens (tertiary/aromatic N) is 2. The molecular weight excluding hydrogens is 467 g/mol. The van der Waals surface area contributed by atoms with Crippen molar-refractivity contribution < 1.29 is 14.3 Å². The van der Waals surface area contributed by atoms with Crippen LogP contribution in [0.5, 0.6) is 0 Å². The normalized spacial score (nSPS) is 12.7. The van der Waals surface area contributed by atoms with Crippen LogP contribution >= 0.6 is 34.4 Å². The van der Waals surface area contributed by atoms with Crippen molar-refractivity contribution >= 4 is 52.0 Å². The molecule has 0 aliphatic carbocycles. The first-order valence-electron chi connectivity index (χ1n) is 8.08. The van der Waals surface area contributed by atoms with Gasteiger partial charge in [0, 0.05) is 34.3 Å². The number of hydrogen-bond donors (Lipinski definition) is 2. The number of fused-ring (bicyclic) bond motifs is 1. The fraction of sp³-hybridized carbons (Fsp3) is 0.353. The number of carbonyl (C=O) groups is 2. The predicted molar refractivity (Wildman–Crippen MR) is 109 cm³/mol. The second-order valence-corrected chi connectivity index (χ2v) is 7.85. The van der Waals surface area contributed by atoms with Gasteiger partial charge < -0.3 is 15.4 Å². The summed E-state index contributed by atoms with van der Waals surface area (Å²) in [7, 11) is 1.58. The number of nitrogens with one attached hydrogen (secondary N) is 2. The minimum atomic E-state index is -0.198. The van der Waals surface area contributed by atoms with E-state index < -0.39 is 0 Å². The molecule has 7 nitrogen and oxygen atoms in total. The van der Waals surface area contributed by atoms with E-state index in [-0.39, 0.29) is 18.4 Å². The molecule has 1 aliphatic heterocycles. The highest BCUT2D eigenvalue weighted by molar-refractivity contribution is 14.1. The van der Waals surface area contributed by atoms with Gasteiger partial charge in [-0.15, -0.1) is 0 Å². The van der Waals surface area contributed by atoms with Crippen molar-refractivity contribution in [2.75, 3.05) is 25.6 Å². The second-order valence-electron chi connectivity index (χ2n) is 5.70. The zero-order chi connectivity index (χ0) is 18.5. The molecule has 1 aromatic heterocycles. The number of benzene rings is 1. The van der Waals surface area contributed by atoms with Gasteiger partial charge in [-0.3, -0.25) is 9.59 Å². The molecular formula is C17H19IN4O3S. The Balaban J connectivity index is 1.79. The van der Waals surface area contributed by atoms with Gasteiger partial charge in [0.2, 0.25) is 5.91 Å². The van der Waals surface area contributed by atoms with E-state index in [4.69, 9.17) is 4.74 Å². The van der Waals surface area contributed by atoms with Crippen LogP contribution in [0.4, 0.5) is 5.82 Å². The lowest BCUT2D eigenvalue weighted by Gasteiger charge is -2.12. The minimum Gasteiger partial charge on any atom is -0.383 e. The van der Waals surface area contributed by atoms with Crippen LogP contribution in [0.15, 0.2) is 24.3 Å². The molecule has 3 rings (SSSR count). The highest BCUT2D eigenvalue weighted by Gasteiger charge is 2.25. The van der Waals surface area contributed by atoms with Crippen LogP contribution in [0.2, 0.25) is 0 Å². The van der Waals surface area contributed by atoms with Crippen LogP contribution in [-0.4, -0.2) is 41.9 Å². The molecule has 2 amide bonds. The molecule has 0 saturated heterocycles. The molecule has 0 radical (unpaired) electrons. The Morgan fingerprint density at radius 1 is 1.35 bits per heavy atom. The number of aromatic nitrogens is 2. The van der Waals surface area contributed by atoms with E-state index in [0.29, 0.717) is 24.5 Å². The molecule has 2 aromatic rings. The summed E-state index contributed by atoms with van der Waals surface area (Å²) in [5, 5.41) is 10.2. The highest BCUT2D eigenvalue weighted by atomic mass is 127. The van der Waals surface area contributed by atoms with Crippen LogP contribution in [-0.2, 0) is 27.6 Å². The van der Waals surface area contributed by atoms with E-state index >= 15 is 0 Å². The summed E-state index contributed by atoms with van der Waals surface area (Å²) < 4.78 is 7.39. The van der Waals surface area contributed by atoms with Crippen LogP contribution < -0.4 is 10.6 Å². The average Bonchev–Trinajstić information content (AvgIpc) is 3.18. The zero-order valence-corrected chi connectivity index (χ0v) is 17.2. The van der Waals surface area contributed by atoms with E-state index in [0.717, 1.165) is 26.3 Å². The maximum absolute atomic E-state index is 12.7. The number of ether oxygens (including phenoxy) is 1. The molecule has 0 bridgehead atoms. The molecule has 2 N–H and O–H groups in total. The SMILES string of the molecule is COCCNC(=O)Cn1nc2c(c1NC(=O)c1ccccc1I)CSC2. The standard InChI is InChI=1S/C17H19IN4O3S/c1-25-7-6-19-15(23)8-22-16(12-9-26-10-14(12)21-22)20-17(24)11-4-2-3-5-13(11)18/h2-5H,6-10H2,1H3,(H,19,23)(H,20,24). The Hall–Kier alpha value is -1.59. The lowest BCUT2D eigenvalue weighted by molar-refractivity contribution is -0.122. The first kappa shape index (κ1) is 19.2. The lowest BCUT2D eigenvalue weighted by atomic mass is 10.2. The van der Waals surface area contributed by atoms with Gasteiger partial charge in [-0.25, -0.2) is 4.68 Å². The third kappa shape index (κ3) is 4.38. The summed E-state index contributed by atoms with van der Waals surface area (Å²) in [6.45, 7) is 0.951. The van der Waals surface area contributed by atoms with Crippen molar-refractivity contribution in [3.63, 3.8) is 0 Å². The summed E-state index contributed by atoms with van der Waals surface area (Å²) in [4.78, 5) is 24.8. The number of hydrogen-bond acceptors (Lipinski definition) is 5. The van der Waals surface area contributed by atoms with E-state index in [1.165, 1.54) is 0 Å². The molecule has 9 heteroatoms. The van der Waals surface area contributed by atoms with Crippen LogP contribution in [0, 0.1) is 3.57 Å². The van der Waals surface area contributed by atoms with Gasteiger partial charge in [-0.2, -0.15) is 16.9 Å².